The van der Waals surface area contributed by atoms with Crippen LogP contribution in [0.25, 0.3) is 32.7 Å². The molecule has 1 saturated heterocycles. The molecule has 1 aromatic carbocycles. The zero-order chi connectivity index (χ0) is 26.3. The Morgan fingerprint density at radius 1 is 1.05 bits per heavy atom. The van der Waals surface area contributed by atoms with Gasteiger partial charge in [-0.05, 0) is 57.1 Å². The van der Waals surface area contributed by atoms with E-state index < -0.39 is 11.7 Å². The van der Waals surface area contributed by atoms with Crippen LogP contribution in [0.5, 0.6) is 0 Å². The molecule has 0 bridgehead atoms. The van der Waals surface area contributed by atoms with Gasteiger partial charge in [-0.25, -0.2) is 4.98 Å². The zero-order valence-electron chi connectivity index (χ0n) is 20.6. The number of thiazole rings is 1. The van der Waals surface area contributed by atoms with Crippen LogP contribution in [0.15, 0.2) is 61.2 Å². The number of hydrogen-bond donors (Lipinski definition) is 1. The van der Waals surface area contributed by atoms with Gasteiger partial charge in [-0.3, -0.25) is 9.67 Å². The van der Waals surface area contributed by atoms with Crippen molar-refractivity contribution in [2.45, 2.75) is 38.6 Å². The van der Waals surface area contributed by atoms with Gasteiger partial charge < -0.3 is 10.2 Å². The normalized spacial score (nSPS) is 14.8. The average Bonchev–Trinajstić information content (AvgIpc) is 3.66. The summed E-state index contributed by atoms with van der Waals surface area (Å²) in [7, 11) is 0. The van der Waals surface area contributed by atoms with E-state index >= 15 is 0 Å². The molecule has 4 aromatic heterocycles. The Morgan fingerprint density at radius 2 is 1.84 bits per heavy atom. The largest absolute Gasteiger partial charge is 0.416 e. The van der Waals surface area contributed by atoms with E-state index in [1.165, 1.54) is 23.5 Å². The standard InChI is InChI=1S/C27H25F3N6OS/c1-17-25(38-26(34-17)18-2-4-21(5-3-18)27(28,29)30)16-37-36-11-8-23-24(36)12-19(13-32-23)20-14-33-35(15-20)22-6-9-31-10-7-22/h2-5,8,11-15,22,31H,6-7,9-10,16H2,1H3. The molecule has 196 valence electrons. The first kappa shape index (κ1) is 24.6. The van der Waals surface area contributed by atoms with Crippen molar-refractivity contribution < 1.29 is 18.0 Å². The minimum absolute atomic E-state index is 0.270. The van der Waals surface area contributed by atoms with E-state index in [4.69, 9.17) is 4.84 Å². The van der Waals surface area contributed by atoms with Crippen molar-refractivity contribution in [3.63, 3.8) is 0 Å². The van der Waals surface area contributed by atoms with Crippen molar-refractivity contribution in [1.82, 2.24) is 29.8 Å². The summed E-state index contributed by atoms with van der Waals surface area (Å²) in [6, 6.07) is 9.40. The average molecular weight is 539 g/mol. The lowest BCUT2D eigenvalue weighted by Gasteiger charge is -2.22. The van der Waals surface area contributed by atoms with E-state index in [0.717, 1.165) is 70.8 Å². The molecule has 0 spiro atoms. The van der Waals surface area contributed by atoms with Gasteiger partial charge in [0.2, 0.25) is 0 Å². The molecular formula is C27H25F3N6OS. The van der Waals surface area contributed by atoms with Gasteiger partial charge in [0.25, 0.3) is 0 Å². The van der Waals surface area contributed by atoms with Crippen LogP contribution < -0.4 is 10.2 Å². The highest BCUT2D eigenvalue weighted by molar-refractivity contribution is 7.15. The maximum absolute atomic E-state index is 12.9. The molecule has 0 atom stereocenters. The summed E-state index contributed by atoms with van der Waals surface area (Å²) in [5.74, 6) is 0. The van der Waals surface area contributed by atoms with Crippen LogP contribution in [0.1, 0.15) is 35.0 Å². The van der Waals surface area contributed by atoms with E-state index in [0.29, 0.717) is 16.6 Å². The summed E-state index contributed by atoms with van der Waals surface area (Å²) in [5.41, 5.74) is 4.36. The monoisotopic (exact) mass is 538 g/mol. The van der Waals surface area contributed by atoms with Crippen LogP contribution in [0.3, 0.4) is 0 Å². The van der Waals surface area contributed by atoms with E-state index in [-0.39, 0.29) is 6.61 Å². The number of piperidine rings is 1. The number of rotatable bonds is 6. The van der Waals surface area contributed by atoms with E-state index in [1.54, 1.807) is 4.73 Å². The number of pyridine rings is 1. The van der Waals surface area contributed by atoms with Crippen molar-refractivity contribution in [1.29, 1.82) is 0 Å². The fraction of sp³-hybridized carbons (Fsp3) is 0.296. The minimum Gasteiger partial charge on any atom is -0.408 e. The molecule has 6 rings (SSSR count). The molecule has 0 saturated carbocycles. The van der Waals surface area contributed by atoms with Crippen LogP contribution in [-0.4, -0.2) is 37.6 Å². The summed E-state index contributed by atoms with van der Waals surface area (Å²) < 4.78 is 42.4. The van der Waals surface area contributed by atoms with Crippen LogP contribution in [0, 0.1) is 6.92 Å². The molecule has 38 heavy (non-hydrogen) atoms. The number of alkyl halides is 3. The molecule has 5 aromatic rings. The lowest BCUT2D eigenvalue weighted by Crippen LogP contribution is -2.29. The molecule has 0 amide bonds. The summed E-state index contributed by atoms with van der Waals surface area (Å²) >= 11 is 1.41. The Balaban J connectivity index is 1.19. The first-order chi connectivity index (χ1) is 18.3. The van der Waals surface area contributed by atoms with Crippen molar-refractivity contribution in [2.24, 2.45) is 0 Å². The van der Waals surface area contributed by atoms with Gasteiger partial charge in [0.05, 0.1) is 33.9 Å². The van der Waals surface area contributed by atoms with Gasteiger partial charge >= 0.3 is 6.18 Å². The molecule has 1 fully saturated rings. The quantitative estimate of drug-likeness (QED) is 0.291. The number of fused-ring (bicyclic) bond motifs is 1. The second-order valence-corrected chi connectivity index (χ2v) is 10.4. The lowest BCUT2D eigenvalue weighted by molar-refractivity contribution is -0.137. The summed E-state index contributed by atoms with van der Waals surface area (Å²) in [6.07, 6.45) is 5.39. The van der Waals surface area contributed by atoms with Gasteiger partial charge in [0, 0.05) is 35.3 Å². The summed E-state index contributed by atoms with van der Waals surface area (Å²) in [5, 5.41) is 8.63. The van der Waals surface area contributed by atoms with Gasteiger partial charge in [-0.1, -0.05) is 12.1 Å². The number of hydrogen-bond acceptors (Lipinski definition) is 6. The Bertz CT molecular complexity index is 1560. The Labute approximate surface area is 220 Å². The fourth-order valence-corrected chi connectivity index (χ4v) is 5.61. The first-order valence-electron chi connectivity index (χ1n) is 12.3. The highest BCUT2D eigenvalue weighted by Gasteiger charge is 2.30. The fourth-order valence-electron chi connectivity index (χ4n) is 4.63. The van der Waals surface area contributed by atoms with Crippen molar-refractivity contribution in [3.8, 4) is 21.7 Å². The summed E-state index contributed by atoms with van der Waals surface area (Å²) in [6.45, 7) is 4.15. The number of aromatic nitrogens is 5. The maximum atomic E-state index is 12.9. The third kappa shape index (κ3) is 4.91. The van der Waals surface area contributed by atoms with Crippen molar-refractivity contribution in [2.75, 3.05) is 13.1 Å². The first-order valence-corrected chi connectivity index (χ1v) is 13.2. The molecule has 1 aliphatic rings. The predicted molar refractivity (Wildman–Crippen MR) is 140 cm³/mol. The van der Waals surface area contributed by atoms with Gasteiger partial charge in [-0.15, -0.1) is 11.3 Å². The Morgan fingerprint density at radius 3 is 2.61 bits per heavy atom. The second-order valence-electron chi connectivity index (χ2n) is 9.34. The molecule has 11 heteroatoms. The number of nitrogens with zero attached hydrogens (tertiary/aromatic N) is 5. The van der Waals surface area contributed by atoms with Crippen LogP contribution in [-0.2, 0) is 12.8 Å². The summed E-state index contributed by atoms with van der Waals surface area (Å²) in [4.78, 5) is 16.2. The molecule has 1 N–H and O–H groups in total. The van der Waals surface area contributed by atoms with E-state index in [2.05, 4.69) is 31.3 Å². The molecule has 0 unspecified atom stereocenters. The Hall–Kier alpha value is -3.70. The number of nitrogens with one attached hydrogen (secondary N) is 1. The molecule has 7 nitrogen and oxygen atoms in total. The SMILES string of the molecule is Cc1nc(-c2ccc(C(F)(F)F)cc2)sc1COn1ccc2ncc(-c3cnn(C4CCNCC4)c3)cc21. The molecular weight excluding hydrogens is 513 g/mol. The van der Waals surface area contributed by atoms with E-state index in [9.17, 15) is 13.2 Å². The van der Waals surface area contributed by atoms with Gasteiger partial charge in [0.1, 0.15) is 10.5 Å². The smallest absolute Gasteiger partial charge is 0.408 e. The van der Waals surface area contributed by atoms with Crippen LogP contribution in [0.4, 0.5) is 13.2 Å². The van der Waals surface area contributed by atoms with Crippen LogP contribution in [0.2, 0.25) is 0 Å². The third-order valence-corrected chi connectivity index (χ3v) is 7.99. The zero-order valence-corrected chi connectivity index (χ0v) is 21.4. The van der Waals surface area contributed by atoms with Gasteiger partial charge in [-0.2, -0.15) is 23.0 Å². The van der Waals surface area contributed by atoms with E-state index in [1.807, 2.05) is 37.6 Å². The molecule has 5 heterocycles. The van der Waals surface area contributed by atoms with Gasteiger partial charge in [0.15, 0.2) is 6.61 Å². The van der Waals surface area contributed by atoms with Crippen LogP contribution >= 0.6 is 11.3 Å². The number of benzene rings is 1. The predicted octanol–water partition coefficient (Wildman–Crippen LogP) is 5.90. The highest BCUT2D eigenvalue weighted by atomic mass is 32.1. The third-order valence-electron chi connectivity index (χ3n) is 6.81. The minimum atomic E-state index is -4.36. The molecule has 0 aliphatic carbocycles. The number of aryl methyl sites for hydroxylation is 1. The Kier molecular flexibility index (Phi) is 6.40. The molecule has 0 radical (unpaired) electrons. The topological polar surface area (TPSA) is 69.8 Å². The highest BCUT2D eigenvalue weighted by Crippen LogP contribution is 2.33. The lowest BCUT2D eigenvalue weighted by atomic mass is 10.1. The number of halogens is 3. The maximum Gasteiger partial charge on any atom is 0.416 e. The molecule has 1 aliphatic heterocycles. The van der Waals surface area contributed by atoms with Crippen molar-refractivity contribution in [3.05, 3.63) is 77.3 Å². The van der Waals surface area contributed by atoms with Crippen molar-refractivity contribution >= 4 is 22.4 Å². The second kappa shape index (κ2) is 9.88.